The van der Waals surface area contributed by atoms with Gasteiger partial charge in [0, 0.05) is 4.47 Å². The number of nitrogens with one attached hydrogen (secondary N) is 1. The normalized spacial score (nSPS) is 12.2. The first kappa shape index (κ1) is 14.1. The van der Waals surface area contributed by atoms with Gasteiger partial charge in [0.1, 0.15) is 5.75 Å². The van der Waals surface area contributed by atoms with Gasteiger partial charge in [-0.05, 0) is 37.2 Å². The molecule has 2 rings (SSSR count). The Morgan fingerprint density at radius 1 is 1.11 bits per heavy atom. The van der Waals surface area contributed by atoms with Gasteiger partial charge in [0.15, 0.2) is 0 Å². The van der Waals surface area contributed by atoms with Crippen LogP contribution in [0.1, 0.15) is 22.7 Å². The molecular weight excluding hydrogens is 302 g/mol. The molecule has 2 aromatic carbocycles. The van der Waals surface area contributed by atoms with Gasteiger partial charge in [-0.1, -0.05) is 51.8 Å². The van der Waals surface area contributed by atoms with Crippen LogP contribution in [0, 0.1) is 6.92 Å². The van der Waals surface area contributed by atoms with Crippen LogP contribution < -0.4 is 10.1 Å². The van der Waals surface area contributed by atoms with E-state index in [1.165, 1.54) is 16.7 Å². The lowest BCUT2D eigenvalue weighted by Crippen LogP contribution is -2.18. The Bertz CT molecular complexity index is 551. The lowest BCUT2D eigenvalue weighted by molar-refractivity contribution is 0.414. The number of aryl methyl sites for hydroxylation is 1. The zero-order valence-corrected chi connectivity index (χ0v) is 13.0. The summed E-state index contributed by atoms with van der Waals surface area (Å²) in [6, 6.07) is 14.8. The molecule has 1 atom stereocenters. The van der Waals surface area contributed by atoms with Crippen molar-refractivity contribution in [2.24, 2.45) is 0 Å². The lowest BCUT2D eigenvalue weighted by atomic mass is 9.98. The largest absolute Gasteiger partial charge is 0.497 e. The maximum absolute atomic E-state index is 5.23. The van der Waals surface area contributed by atoms with E-state index >= 15 is 0 Å². The van der Waals surface area contributed by atoms with E-state index < -0.39 is 0 Å². The number of hydrogen-bond acceptors (Lipinski definition) is 2. The van der Waals surface area contributed by atoms with Gasteiger partial charge in [-0.3, -0.25) is 0 Å². The molecule has 0 bridgehead atoms. The highest BCUT2D eigenvalue weighted by Gasteiger charge is 2.15. The second-order valence-corrected chi connectivity index (χ2v) is 5.37. The van der Waals surface area contributed by atoms with Crippen molar-refractivity contribution in [3.8, 4) is 5.75 Å². The second-order valence-electron chi connectivity index (χ2n) is 4.52. The number of hydrogen-bond donors (Lipinski definition) is 1. The van der Waals surface area contributed by atoms with E-state index in [9.17, 15) is 0 Å². The van der Waals surface area contributed by atoms with Crippen LogP contribution in [0.4, 0.5) is 0 Å². The molecule has 0 fully saturated rings. The highest BCUT2D eigenvalue weighted by molar-refractivity contribution is 9.10. The van der Waals surface area contributed by atoms with Crippen LogP contribution in [-0.4, -0.2) is 14.2 Å². The summed E-state index contributed by atoms with van der Waals surface area (Å²) in [5, 5.41) is 3.36. The minimum atomic E-state index is 0.167. The first-order valence-electron chi connectivity index (χ1n) is 6.23. The molecule has 0 aromatic heterocycles. The summed E-state index contributed by atoms with van der Waals surface area (Å²) in [5.74, 6) is 0.856. The van der Waals surface area contributed by atoms with E-state index in [0.717, 1.165) is 10.2 Å². The van der Waals surface area contributed by atoms with Crippen LogP contribution >= 0.6 is 15.9 Å². The molecule has 0 aliphatic rings. The second kappa shape index (κ2) is 6.22. The minimum absolute atomic E-state index is 0.167. The lowest BCUT2D eigenvalue weighted by Gasteiger charge is -2.19. The summed E-state index contributed by atoms with van der Waals surface area (Å²) in [7, 11) is 3.65. The van der Waals surface area contributed by atoms with E-state index in [4.69, 9.17) is 4.74 Å². The van der Waals surface area contributed by atoms with Gasteiger partial charge in [-0.25, -0.2) is 0 Å². The number of methoxy groups -OCH3 is 1. The van der Waals surface area contributed by atoms with Gasteiger partial charge in [0.05, 0.1) is 13.2 Å². The molecule has 3 heteroatoms. The molecule has 2 nitrogen and oxygen atoms in total. The third kappa shape index (κ3) is 3.17. The molecule has 19 heavy (non-hydrogen) atoms. The van der Waals surface area contributed by atoms with E-state index in [0.29, 0.717) is 0 Å². The van der Waals surface area contributed by atoms with Gasteiger partial charge in [0.2, 0.25) is 0 Å². The number of ether oxygens (including phenoxy) is 1. The Balaban J connectivity index is 2.39. The zero-order valence-electron chi connectivity index (χ0n) is 11.4. The summed E-state index contributed by atoms with van der Waals surface area (Å²) in [5.41, 5.74) is 3.72. The van der Waals surface area contributed by atoms with Crippen LogP contribution in [0.3, 0.4) is 0 Å². The van der Waals surface area contributed by atoms with Gasteiger partial charge in [-0.2, -0.15) is 0 Å². The maximum Gasteiger partial charge on any atom is 0.120 e. The van der Waals surface area contributed by atoms with E-state index in [-0.39, 0.29) is 6.04 Å². The van der Waals surface area contributed by atoms with Gasteiger partial charge in [0.25, 0.3) is 0 Å². The average molecular weight is 320 g/mol. The zero-order chi connectivity index (χ0) is 13.8. The molecule has 0 radical (unpaired) electrons. The Morgan fingerprint density at radius 2 is 1.79 bits per heavy atom. The van der Waals surface area contributed by atoms with Gasteiger partial charge in [-0.15, -0.1) is 0 Å². The topological polar surface area (TPSA) is 21.3 Å². The maximum atomic E-state index is 5.23. The standard InChI is InChI=1S/C16H18BrNO/c1-11-4-6-12(7-5-11)16(18-2)14-9-8-13(19-3)10-15(14)17/h4-10,16,18H,1-3H3. The monoisotopic (exact) mass is 319 g/mol. The summed E-state index contributed by atoms with van der Waals surface area (Å²) < 4.78 is 6.28. The van der Waals surface area contributed by atoms with Crippen molar-refractivity contribution < 1.29 is 4.74 Å². The molecule has 0 aliphatic carbocycles. The van der Waals surface area contributed by atoms with E-state index in [1.807, 2.05) is 19.2 Å². The summed E-state index contributed by atoms with van der Waals surface area (Å²) in [6.07, 6.45) is 0. The molecular formula is C16H18BrNO. The van der Waals surface area contributed by atoms with Crippen molar-refractivity contribution in [2.75, 3.05) is 14.2 Å². The quantitative estimate of drug-likeness (QED) is 0.917. The molecule has 100 valence electrons. The molecule has 0 spiro atoms. The summed E-state index contributed by atoms with van der Waals surface area (Å²) in [6.45, 7) is 2.10. The van der Waals surface area contributed by atoms with Crippen LogP contribution in [-0.2, 0) is 0 Å². The molecule has 1 N–H and O–H groups in total. The summed E-state index contributed by atoms with van der Waals surface area (Å²) >= 11 is 3.62. The smallest absolute Gasteiger partial charge is 0.120 e. The average Bonchev–Trinajstić information content (AvgIpc) is 2.43. The van der Waals surface area contributed by atoms with E-state index in [1.54, 1.807) is 7.11 Å². The van der Waals surface area contributed by atoms with E-state index in [2.05, 4.69) is 58.5 Å². The van der Waals surface area contributed by atoms with Crippen LogP contribution in [0.5, 0.6) is 5.75 Å². The Kier molecular flexibility index (Phi) is 4.61. The molecule has 0 saturated heterocycles. The Labute approximate surface area is 122 Å². The number of halogens is 1. The minimum Gasteiger partial charge on any atom is -0.497 e. The SMILES string of the molecule is CNC(c1ccc(C)cc1)c1ccc(OC)cc1Br. The van der Waals surface area contributed by atoms with Gasteiger partial charge < -0.3 is 10.1 Å². The van der Waals surface area contributed by atoms with Crippen LogP contribution in [0.15, 0.2) is 46.9 Å². The highest BCUT2D eigenvalue weighted by Crippen LogP contribution is 2.31. The molecule has 2 aromatic rings. The van der Waals surface area contributed by atoms with Crippen LogP contribution in [0.2, 0.25) is 0 Å². The van der Waals surface area contributed by atoms with Crippen molar-refractivity contribution in [3.63, 3.8) is 0 Å². The fourth-order valence-electron chi connectivity index (χ4n) is 2.13. The van der Waals surface area contributed by atoms with Crippen molar-refractivity contribution in [1.29, 1.82) is 0 Å². The summed E-state index contributed by atoms with van der Waals surface area (Å²) in [4.78, 5) is 0. The molecule has 0 amide bonds. The fraction of sp³-hybridized carbons (Fsp3) is 0.250. The van der Waals surface area contributed by atoms with Crippen molar-refractivity contribution in [1.82, 2.24) is 5.32 Å². The fourth-order valence-corrected chi connectivity index (χ4v) is 2.72. The molecule has 0 saturated carbocycles. The molecule has 1 unspecified atom stereocenters. The molecule has 0 aliphatic heterocycles. The van der Waals surface area contributed by atoms with Crippen molar-refractivity contribution in [3.05, 3.63) is 63.6 Å². The van der Waals surface area contributed by atoms with Gasteiger partial charge >= 0.3 is 0 Å². The predicted octanol–water partition coefficient (Wildman–Crippen LogP) is 4.07. The third-order valence-corrected chi connectivity index (χ3v) is 3.90. The van der Waals surface area contributed by atoms with Crippen molar-refractivity contribution in [2.45, 2.75) is 13.0 Å². The van der Waals surface area contributed by atoms with Crippen LogP contribution in [0.25, 0.3) is 0 Å². The highest BCUT2D eigenvalue weighted by atomic mass is 79.9. The number of benzene rings is 2. The third-order valence-electron chi connectivity index (χ3n) is 3.22. The first-order chi connectivity index (χ1) is 9.15. The Morgan fingerprint density at radius 3 is 2.32 bits per heavy atom. The van der Waals surface area contributed by atoms with Crippen molar-refractivity contribution >= 4 is 15.9 Å². The number of rotatable bonds is 4. The Hall–Kier alpha value is -1.32. The first-order valence-corrected chi connectivity index (χ1v) is 7.02. The molecule has 0 heterocycles. The predicted molar refractivity (Wildman–Crippen MR) is 82.8 cm³/mol.